The fraction of sp³-hybridized carbons (Fsp3) is 0.222. The van der Waals surface area contributed by atoms with Crippen LogP contribution in [0.2, 0.25) is 0 Å². The highest BCUT2D eigenvalue weighted by Gasteiger charge is 2.10. The summed E-state index contributed by atoms with van der Waals surface area (Å²) in [5.74, 6) is -1.50. The molecule has 1 aromatic rings. The second-order valence-corrected chi connectivity index (χ2v) is 2.32. The summed E-state index contributed by atoms with van der Waals surface area (Å²) in [7, 11) is 0. The van der Waals surface area contributed by atoms with Crippen molar-refractivity contribution < 1.29 is 12.6 Å². The van der Waals surface area contributed by atoms with Gasteiger partial charge in [0.05, 0.1) is 1.37 Å². The molecule has 2 atom stereocenters. The SMILES string of the molecule is [2H][C@H](c1ccccc1)[C@]([2H])(N)[13C](=O)O. The molecular weight excluding hydrogens is 155 g/mol. The average molecular weight is 168 g/mol. The summed E-state index contributed by atoms with van der Waals surface area (Å²) in [5.41, 5.74) is 5.64. The van der Waals surface area contributed by atoms with Crippen molar-refractivity contribution in [2.45, 2.75) is 12.4 Å². The normalized spacial score (nSPS) is 20.1. The molecule has 64 valence electrons. The van der Waals surface area contributed by atoms with Crippen molar-refractivity contribution in [2.75, 3.05) is 0 Å². The minimum atomic E-state index is -2.30. The maximum Gasteiger partial charge on any atom is 0.320 e. The van der Waals surface area contributed by atoms with Gasteiger partial charge in [-0.15, -0.1) is 0 Å². The molecule has 0 amide bonds. The average Bonchev–Trinajstić information content (AvgIpc) is 2.17. The predicted molar refractivity (Wildman–Crippen MR) is 45.8 cm³/mol. The zero-order valence-corrected chi connectivity index (χ0v) is 6.40. The van der Waals surface area contributed by atoms with E-state index in [0.29, 0.717) is 5.56 Å². The lowest BCUT2D eigenvalue weighted by molar-refractivity contribution is -0.138. The van der Waals surface area contributed by atoms with Gasteiger partial charge in [-0.1, -0.05) is 30.3 Å². The van der Waals surface area contributed by atoms with Gasteiger partial charge in [0.15, 0.2) is 0 Å². The summed E-state index contributed by atoms with van der Waals surface area (Å²) < 4.78 is 14.9. The van der Waals surface area contributed by atoms with E-state index in [0.717, 1.165) is 0 Å². The third-order valence-corrected chi connectivity index (χ3v) is 1.37. The first-order valence-corrected chi connectivity index (χ1v) is 3.45. The van der Waals surface area contributed by atoms with Crippen LogP contribution in [0, 0.1) is 0 Å². The molecule has 0 saturated heterocycles. The third-order valence-electron chi connectivity index (χ3n) is 1.37. The fourth-order valence-electron chi connectivity index (χ4n) is 0.791. The molecule has 0 bridgehead atoms. The molecule has 0 saturated carbocycles. The zero-order valence-electron chi connectivity index (χ0n) is 8.40. The maximum atomic E-state index is 10.6. The Hall–Kier alpha value is -1.35. The first-order valence-electron chi connectivity index (χ1n) is 4.53. The highest BCUT2D eigenvalue weighted by Crippen LogP contribution is 2.01. The quantitative estimate of drug-likeness (QED) is 0.651. The smallest absolute Gasteiger partial charge is 0.320 e. The summed E-state index contributed by atoms with van der Waals surface area (Å²) in [4.78, 5) is 10.6. The van der Waals surface area contributed by atoms with Crippen molar-refractivity contribution in [3.05, 3.63) is 35.9 Å². The molecule has 0 aliphatic carbocycles. The maximum absolute atomic E-state index is 10.6. The third kappa shape index (κ3) is 2.36. The molecule has 0 aromatic heterocycles. The van der Waals surface area contributed by atoms with Crippen molar-refractivity contribution in [3.63, 3.8) is 0 Å². The molecule has 0 aliphatic heterocycles. The van der Waals surface area contributed by atoms with Gasteiger partial charge in [-0.05, 0) is 12.0 Å². The first kappa shape index (κ1) is 6.20. The van der Waals surface area contributed by atoms with Crippen LogP contribution in [-0.2, 0) is 11.2 Å². The number of hydrogen-bond acceptors (Lipinski definition) is 2. The number of hydrogen-bond donors (Lipinski definition) is 2. The number of carboxylic acid groups (broad SMARTS) is 1. The summed E-state index contributed by atoms with van der Waals surface area (Å²) >= 11 is 0. The second-order valence-electron chi connectivity index (χ2n) is 2.32. The van der Waals surface area contributed by atoms with Gasteiger partial charge < -0.3 is 10.8 Å². The molecule has 1 aromatic carbocycles. The van der Waals surface area contributed by atoms with Gasteiger partial charge in [0, 0.05) is 1.37 Å². The van der Waals surface area contributed by atoms with Crippen molar-refractivity contribution in [2.24, 2.45) is 5.73 Å². The number of aliphatic carboxylic acids is 1. The van der Waals surface area contributed by atoms with Crippen molar-refractivity contribution in [3.8, 4) is 0 Å². The van der Waals surface area contributed by atoms with E-state index in [1.54, 1.807) is 30.3 Å². The van der Waals surface area contributed by atoms with Crippen LogP contribution in [-0.4, -0.2) is 17.1 Å². The van der Waals surface area contributed by atoms with Crippen molar-refractivity contribution >= 4 is 5.97 Å². The Labute approximate surface area is 73.6 Å². The first-order chi connectivity index (χ1) is 6.46. The summed E-state index contributed by atoms with van der Waals surface area (Å²) in [6.45, 7) is 0. The van der Waals surface area contributed by atoms with E-state index in [1.165, 1.54) is 0 Å². The molecule has 0 aliphatic rings. The van der Waals surface area contributed by atoms with Gasteiger partial charge in [-0.3, -0.25) is 4.79 Å². The lowest BCUT2D eigenvalue weighted by Gasteiger charge is -2.04. The lowest BCUT2D eigenvalue weighted by Crippen LogP contribution is -2.32. The molecule has 0 radical (unpaired) electrons. The number of carboxylic acids is 1. The summed E-state index contributed by atoms with van der Waals surface area (Å²) in [5, 5.41) is 8.64. The molecule has 3 heteroatoms. The van der Waals surface area contributed by atoms with E-state index in [2.05, 4.69) is 0 Å². The minimum Gasteiger partial charge on any atom is -0.480 e. The van der Waals surface area contributed by atoms with Crippen molar-refractivity contribution in [1.29, 1.82) is 0 Å². The van der Waals surface area contributed by atoms with Crippen LogP contribution >= 0.6 is 0 Å². The Balaban J connectivity index is 2.96. The van der Waals surface area contributed by atoms with Crippen LogP contribution in [0.1, 0.15) is 8.30 Å². The van der Waals surface area contributed by atoms with Crippen LogP contribution in [0.3, 0.4) is 0 Å². The van der Waals surface area contributed by atoms with Gasteiger partial charge in [-0.25, -0.2) is 0 Å². The molecule has 12 heavy (non-hydrogen) atoms. The summed E-state index contributed by atoms with van der Waals surface area (Å²) in [6.07, 6.45) is -1.29. The van der Waals surface area contributed by atoms with E-state index in [9.17, 15) is 4.79 Å². The van der Waals surface area contributed by atoms with Gasteiger partial charge in [0.2, 0.25) is 0 Å². The largest absolute Gasteiger partial charge is 0.480 e. The molecule has 0 fully saturated rings. The van der Waals surface area contributed by atoms with Crippen LogP contribution < -0.4 is 5.73 Å². The molecule has 3 nitrogen and oxygen atoms in total. The number of carbonyl (C=O) groups is 1. The van der Waals surface area contributed by atoms with Gasteiger partial charge in [-0.2, -0.15) is 0 Å². The lowest BCUT2D eigenvalue weighted by atomic mass is 10.1. The van der Waals surface area contributed by atoms with E-state index in [-0.39, 0.29) is 0 Å². The van der Waals surface area contributed by atoms with E-state index in [1.807, 2.05) is 0 Å². The number of benzene rings is 1. The Morgan fingerprint density at radius 2 is 2.25 bits per heavy atom. The second kappa shape index (κ2) is 3.88. The Bertz CT molecular complexity index is 327. The standard InChI is InChI=1S/C9H11NO2/c10-8(9(11)12)6-7-4-2-1-3-5-7/h1-5,8H,6,10H2,(H,11,12)/t8-/m0/s1/i6D,8D,9+1/t6-,8+/m1. The molecule has 1 rings (SSSR count). The van der Waals surface area contributed by atoms with E-state index in [4.69, 9.17) is 13.6 Å². The Morgan fingerprint density at radius 3 is 2.75 bits per heavy atom. The molecule has 3 N–H and O–H groups in total. The van der Waals surface area contributed by atoms with Crippen LogP contribution in [0.4, 0.5) is 0 Å². The number of rotatable bonds is 3. The highest BCUT2D eigenvalue weighted by molar-refractivity contribution is 5.73. The number of nitrogens with two attached hydrogens (primary N) is 1. The topological polar surface area (TPSA) is 63.3 Å². The van der Waals surface area contributed by atoms with Crippen LogP contribution in [0.25, 0.3) is 0 Å². The molecule has 0 heterocycles. The molecular formula is C9H11NO2. The zero-order chi connectivity index (χ0) is 10.8. The Kier molecular flexibility index (Phi) is 2.00. The summed E-state index contributed by atoms with van der Waals surface area (Å²) in [6, 6.07) is 5.96. The van der Waals surface area contributed by atoms with E-state index < -0.39 is 18.4 Å². The minimum absolute atomic E-state index is 0.424. The van der Waals surface area contributed by atoms with Gasteiger partial charge >= 0.3 is 5.97 Å². The van der Waals surface area contributed by atoms with Crippen LogP contribution in [0.5, 0.6) is 0 Å². The highest BCUT2D eigenvalue weighted by atomic mass is 16.5. The Morgan fingerprint density at radius 1 is 1.67 bits per heavy atom. The van der Waals surface area contributed by atoms with E-state index >= 15 is 0 Å². The van der Waals surface area contributed by atoms with Crippen LogP contribution in [0.15, 0.2) is 30.3 Å². The predicted octanol–water partition coefficient (Wildman–Crippen LogP) is 0.641. The monoisotopic (exact) mass is 168 g/mol. The van der Waals surface area contributed by atoms with Gasteiger partial charge in [0.25, 0.3) is 0 Å². The molecule has 0 unspecified atom stereocenters. The van der Waals surface area contributed by atoms with Crippen molar-refractivity contribution in [1.82, 2.24) is 0 Å². The molecule has 0 spiro atoms. The van der Waals surface area contributed by atoms with Gasteiger partial charge in [0.1, 0.15) is 6.02 Å². The fourth-order valence-corrected chi connectivity index (χ4v) is 0.791.